The van der Waals surface area contributed by atoms with Crippen LogP contribution in [0, 0.1) is 0 Å². The number of hydrogen-bond acceptors (Lipinski definition) is 5. The van der Waals surface area contributed by atoms with Crippen molar-refractivity contribution in [3.05, 3.63) is 40.9 Å². The summed E-state index contributed by atoms with van der Waals surface area (Å²) in [4.78, 5) is 23.4. The first-order valence-electron chi connectivity index (χ1n) is 6.60. The average molecular weight is 304 g/mol. The van der Waals surface area contributed by atoms with Crippen molar-refractivity contribution in [1.82, 2.24) is 15.5 Å². The molecule has 0 bridgehead atoms. The predicted molar refractivity (Wildman–Crippen MR) is 81.1 cm³/mol. The highest BCUT2D eigenvalue weighted by molar-refractivity contribution is 7.15. The lowest BCUT2D eigenvalue weighted by Gasteiger charge is -2.04. The number of carbonyl (C=O) groups is 2. The van der Waals surface area contributed by atoms with Crippen LogP contribution < -0.4 is 10.6 Å². The molecular weight excluding hydrogens is 288 g/mol. The summed E-state index contributed by atoms with van der Waals surface area (Å²) in [7, 11) is 0. The van der Waals surface area contributed by atoms with E-state index in [-0.39, 0.29) is 24.8 Å². The molecule has 1 heterocycles. The summed E-state index contributed by atoms with van der Waals surface area (Å²) in [6.07, 6.45) is 1.04. The van der Waals surface area contributed by atoms with E-state index in [1.54, 1.807) is 0 Å². The topological polar surface area (TPSA) is 84.0 Å². The van der Waals surface area contributed by atoms with Crippen LogP contribution in [0.1, 0.15) is 17.5 Å². The average Bonchev–Trinajstić information content (AvgIpc) is 2.94. The van der Waals surface area contributed by atoms with Crippen LogP contribution in [0.2, 0.25) is 0 Å². The number of aryl methyl sites for hydroxylation is 1. The number of nitrogens with one attached hydrogen (secondary N) is 2. The SMILES string of the molecule is CCc1nnc(NC(=O)CNC(=O)Cc2ccccc2)s1. The van der Waals surface area contributed by atoms with Crippen LogP contribution in [-0.2, 0) is 22.4 Å². The molecule has 2 amide bonds. The van der Waals surface area contributed by atoms with Gasteiger partial charge in [0, 0.05) is 0 Å². The number of anilines is 1. The van der Waals surface area contributed by atoms with Gasteiger partial charge in [0.2, 0.25) is 16.9 Å². The zero-order chi connectivity index (χ0) is 15.1. The number of carbonyl (C=O) groups excluding carboxylic acids is 2. The normalized spacial score (nSPS) is 10.1. The highest BCUT2D eigenvalue weighted by Gasteiger charge is 2.09. The van der Waals surface area contributed by atoms with Gasteiger partial charge in [0.05, 0.1) is 13.0 Å². The molecule has 2 rings (SSSR count). The summed E-state index contributed by atoms with van der Waals surface area (Å²) in [5.41, 5.74) is 0.909. The molecule has 0 aliphatic rings. The maximum absolute atomic E-state index is 11.7. The Labute approximate surface area is 126 Å². The highest BCUT2D eigenvalue weighted by atomic mass is 32.1. The lowest BCUT2D eigenvalue weighted by Crippen LogP contribution is -2.33. The van der Waals surface area contributed by atoms with E-state index < -0.39 is 0 Å². The number of hydrogen-bond donors (Lipinski definition) is 2. The summed E-state index contributed by atoms with van der Waals surface area (Å²) in [6, 6.07) is 9.37. The Morgan fingerprint density at radius 3 is 2.57 bits per heavy atom. The van der Waals surface area contributed by atoms with Gasteiger partial charge in [-0.05, 0) is 12.0 Å². The van der Waals surface area contributed by atoms with Crippen molar-refractivity contribution in [3.8, 4) is 0 Å². The van der Waals surface area contributed by atoms with Crippen molar-refractivity contribution in [2.75, 3.05) is 11.9 Å². The van der Waals surface area contributed by atoms with Crippen molar-refractivity contribution in [2.24, 2.45) is 0 Å². The molecule has 0 saturated heterocycles. The van der Waals surface area contributed by atoms with Crippen LogP contribution >= 0.6 is 11.3 Å². The molecule has 1 aromatic carbocycles. The Kier molecular flexibility index (Phi) is 5.39. The summed E-state index contributed by atoms with van der Waals surface area (Å²) >= 11 is 1.33. The number of rotatable bonds is 6. The molecule has 6 nitrogen and oxygen atoms in total. The molecule has 110 valence electrons. The second-order valence-electron chi connectivity index (χ2n) is 4.34. The monoisotopic (exact) mass is 304 g/mol. The van der Waals surface area contributed by atoms with Gasteiger partial charge >= 0.3 is 0 Å². The lowest BCUT2D eigenvalue weighted by atomic mass is 10.1. The molecule has 0 spiro atoms. The fourth-order valence-corrected chi connectivity index (χ4v) is 2.33. The number of aromatic nitrogens is 2. The third-order valence-electron chi connectivity index (χ3n) is 2.67. The number of amides is 2. The summed E-state index contributed by atoms with van der Waals surface area (Å²) in [5.74, 6) is -0.502. The van der Waals surface area contributed by atoms with Crippen LogP contribution in [0.3, 0.4) is 0 Å². The third kappa shape index (κ3) is 4.96. The van der Waals surface area contributed by atoms with Crippen molar-refractivity contribution in [2.45, 2.75) is 19.8 Å². The standard InChI is InChI=1S/C14H16N4O2S/c1-2-13-17-18-14(21-13)16-12(20)9-15-11(19)8-10-6-4-3-5-7-10/h3-7H,2,8-9H2,1H3,(H,15,19)(H,16,18,20). The van der Waals surface area contributed by atoms with Gasteiger partial charge in [-0.25, -0.2) is 0 Å². The smallest absolute Gasteiger partial charge is 0.245 e. The first-order chi connectivity index (χ1) is 10.2. The minimum absolute atomic E-state index is 0.0767. The third-order valence-corrected chi connectivity index (χ3v) is 3.65. The van der Waals surface area contributed by atoms with Crippen LogP contribution in [0.5, 0.6) is 0 Å². The molecule has 0 radical (unpaired) electrons. The van der Waals surface area contributed by atoms with Gasteiger partial charge in [-0.3, -0.25) is 14.9 Å². The maximum atomic E-state index is 11.7. The molecule has 0 atom stereocenters. The van der Waals surface area contributed by atoms with E-state index in [2.05, 4.69) is 20.8 Å². The molecular formula is C14H16N4O2S. The first-order valence-corrected chi connectivity index (χ1v) is 7.42. The van der Waals surface area contributed by atoms with Crippen LogP contribution in [0.25, 0.3) is 0 Å². The Hall–Kier alpha value is -2.28. The Morgan fingerprint density at radius 2 is 1.90 bits per heavy atom. The van der Waals surface area contributed by atoms with Crippen molar-refractivity contribution < 1.29 is 9.59 Å². The summed E-state index contributed by atoms with van der Waals surface area (Å²) in [6.45, 7) is 1.89. The van der Waals surface area contributed by atoms with Gasteiger partial charge in [-0.15, -0.1) is 10.2 Å². The molecule has 0 aliphatic carbocycles. The largest absolute Gasteiger partial charge is 0.347 e. The predicted octanol–water partition coefficient (Wildman–Crippen LogP) is 1.40. The molecule has 0 saturated carbocycles. The van der Waals surface area contributed by atoms with E-state index in [0.717, 1.165) is 17.0 Å². The Morgan fingerprint density at radius 1 is 1.14 bits per heavy atom. The minimum Gasteiger partial charge on any atom is -0.347 e. The molecule has 2 aromatic rings. The molecule has 21 heavy (non-hydrogen) atoms. The van der Waals surface area contributed by atoms with Crippen molar-refractivity contribution in [3.63, 3.8) is 0 Å². The van der Waals surface area contributed by atoms with Crippen molar-refractivity contribution in [1.29, 1.82) is 0 Å². The first kappa shape index (κ1) is 15.1. The van der Waals surface area contributed by atoms with Gasteiger partial charge < -0.3 is 5.32 Å². The zero-order valence-electron chi connectivity index (χ0n) is 11.6. The Bertz CT molecular complexity index is 612. The molecule has 1 aromatic heterocycles. The lowest BCUT2D eigenvalue weighted by molar-refractivity contribution is -0.123. The van der Waals surface area contributed by atoms with E-state index >= 15 is 0 Å². The molecule has 7 heteroatoms. The van der Waals surface area contributed by atoms with Crippen LogP contribution in [0.4, 0.5) is 5.13 Å². The summed E-state index contributed by atoms with van der Waals surface area (Å²) < 4.78 is 0. The van der Waals surface area contributed by atoms with Crippen LogP contribution in [0.15, 0.2) is 30.3 Å². The zero-order valence-corrected chi connectivity index (χ0v) is 12.4. The fourth-order valence-electron chi connectivity index (χ4n) is 1.63. The van der Waals surface area contributed by atoms with E-state index in [4.69, 9.17) is 0 Å². The van der Waals surface area contributed by atoms with Gasteiger partial charge in [-0.2, -0.15) is 0 Å². The molecule has 2 N–H and O–H groups in total. The molecule has 0 unspecified atom stereocenters. The van der Waals surface area contributed by atoms with E-state index in [1.807, 2.05) is 37.3 Å². The summed E-state index contributed by atoms with van der Waals surface area (Å²) in [5, 5.41) is 14.2. The second-order valence-corrected chi connectivity index (χ2v) is 5.40. The van der Waals surface area contributed by atoms with Gasteiger partial charge in [0.25, 0.3) is 0 Å². The van der Waals surface area contributed by atoms with E-state index in [0.29, 0.717) is 5.13 Å². The second kappa shape index (κ2) is 7.49. The number of benzene rings is 1. The maximum Gasteiger partial charge on any atom is 0.245 e. The van der Waals surface area contributed by atoms with Crippen LogP contribution in [-0.4, -0.2) is 28.6 Å². The fraction of sp³-hybridized carbons (Fsp3) is 0.286. The van der Waals surface area contributed by atoms with E-state index in [9.17, 15) is 9.59 Å². The minimum atomic E-state index is -0.310. The molecule has 0 aliphatic heterocycles. The highest BCUT2D eigenvalue weighted by Crippen LogP contribution is 2.14. The quantitative estimate of drug-likeness (QED) is 0.845. The van der Waals surface area contributed by atoms with E-state index in [1.165, 1.54) is 11.3 Å². The van der Waals surface area contributed by atoms with Gasteiger partial charge in [-0.1, -0.05) is 48.6 Å². The van der Waals surface area contributed by atoms with Gasteiger partial charge in [0.15, 0.2) is 0 Å². The van der Waals surface area contributed by atoms with Gasteiger partial charge in [0.1, 0.15) is 5.01 Å². The number of nitrogens with zero attached hydrogens (tertiary/aromatic N) is 2. The molecule has 0 fully saturated rings. The Balaban J connectivity index is 1.74. The van der Waals surface area contributed by atoms with Crippen molar-refractivity contribution >= 4 is 28.3 Å².